The average molecular weight is 317 g/mol. The highest BCUT2D eigenvalue weighted by Crippen LogP contribution is 2.41. The van der Waals surface area contributed by atoms with Crippen LogP contribution >= 0.6 is 11.3 Å². The van der Waals surface area contributed by atoms with Gasteiger partial charge in [0.25, 0.3) is 0 Å². The van der Waals surface area contributed by atoms with Gasteiger partial charge in [-0.1, -0.05) is 0 Å². The summed E-state index contributed by atoms with van der Waals surface area (Å²) >= 11 is 1.60. The van der Waals surface area contributed by atoms with Gasteiger partial charge in [0.2, 0.25) is 5.92 Å². The fourth-order valence-corrected chi connectivity index (χ4v) is 3.58. The van der Waals surface area contributed by atoms with E-state index in [0.717, 1.165) is 29.4 Å². The molecule has 0 aliphatic heterocycles. The zero-order valence-corrected chi connectivity index (χ0v) is 13.9. The van der Waals surface area contributed by atoms with Gasteiger partial charge in [0.05, 0.1) is 0 Å². The van der Waals surface area contributed by atoms with Crippen molar-refractivity contribution in [2.45, 2.75) is 76.7 Å². The topological polar surface area (TPSA) is 37.8 Å². The van der Waals surface area contributed by atoms with Gasteiger partial charge in [-0.25, -0.2) is 8.78 Å². The van der Waals surface area contributed by atoms with Crippen molar-refractivity contribution in [3.63, 3.8) is 0 Å². The van der Waals surface area contributed by atoms with E-state index in [-0.39, 0.29) is 24.3 Å². The summed E-state index contributed by atoms with van der Waals surface area (Å²) in [6, 6.07) is 0. The molecule has 1 aromatic heterocycles. The third-order valence-electron chi connectivity index (χ3n) is 3.77. The van der Waals surface area contributed by atoms with Crippen molar-refractivity contribution in [2.24, 2.45) is 0 Å². The molecule has 1 aliphatic rings. The highest BCUT2D eigenvalue weighted by Gasteiger charge is 2.36. The molecule has 0 spiro atoms. The predicted molar refractivity (Wildman–Crippen MR) is 82.1 cm³/mol. The Morgan fingerprint density at radius 2 is 1.90 bits per heavy atom. The summed E-state index contributed by atoms with van der Waals surface area (Å²) in [5.74, 6) is -2.29. The SMILES string of the molecule is CC(C)(C)NCCCc1nnc(C2CCC(F)(F)CC2)s1. The second kappa shape index (κ2) is 6.65. The van der Waals surface area contributed by atoms with Crippen molar-refractivity contribution in [1.82, 2.24) is 15.5 Å². The van der Waals surface area contributed by atoms with Crippen LogP contribution in [0.15, 0.2) is 0 Å². The van der Waals surface area contributed by atoms with Crippen LogP contribution in [0.5, 0.6) is 0 Å². The first-order valence-corrected chi connectivity index (χ1v) is 8.52. The summed E-state index contributed by atoms with van der Waals surface area (Å²) in [5, 5.41) is 13.9. The van der Waals surface area contributed by atoms with Crippen LogP contribution in [0.4, 0.5) is 8.78 Å². The molecule has 0 saturated heterocycles. The minimum Gasteiger partial charge on any atom is -0.312 e. The van der Waals surface area contributed by atoms with Crippen molar-refractivity contribution in [2.75, 3.05) is 6.54 Å². The molecule has 1 fully saturated rings. The molecule has 0 atom stereocenters. The van der Waals surface area contributed by atoms with Gasteiger partial charge in [-0.05, 0) is 46.6 Å². The van der Waals surface area contributed by atoms with Crippen LogP contribution in [0.1, 0.15) is 68.8 Å². The number of nitrogens with zero attached hydrogens (tertiary/aromatic N) is 2. The van der Waals surface area contributed by atoms with Crippen molar-refractivity contribution in [3.8, 4) is 0 Å². The summed E-state index contributed by atoms with van der Waals surface area (Å²) < 4.78 is 26.3. The largest absolute Gasteiger partial charge is 0.312 e. The van der Waals surface area contributed by atoms with Gasteiger partial charge in [-0.2, -0.15) is 0 Å². The summed E-state index contributed by atoms with van der Waals surface area (Å²) in [5.41, 5.74) is 0.139. The lowest BCUT2D eigenvalue weighted by Gasteiger charge is -2.26. The molecule has 0 unspecified atom stereocenters. The monoisotopic (exact) mass is 317 g/mol. The lowest BCUT2D eigenvalue weighted by atomic mass is 9.87. The number of hydrogen-bond donors (Lipinski definition) is 1. The summed E-state index contributed by atoms with van der Waals surface area (Å²) in [7, 11) is 0. The van der Waals surface area contributed by atoms with Gasteiger partial charge in [-0.15, -0.1) is 21.5 Å². The summed E-state index contributed by atoms with van der Waals surface area (Å²) in [6.07, 6.45) is 2.98. The normalized spacial score (nSPS) is 19.9. The van der Waals surface area contributed by atoms with Gasteiger partial charge < -0.3 is 5.32 Å². The molecule has 6 heteroatoms. The highest BCUT2D eigenvalue weighted by atomic mass is 32.1. The van der Waals surface area contributed by atoms with E-state index < -0.39 is 5.92 Å². The fourth-order valence-electron chi connectivity index (χ4n) is 2.52. The molecule has 21 heavy (non-hydrogen) atoms. The lowest BCUT2D eigenvalue weighted by Crippen LogP contribution is -2.36. The second-order valence-electron chi connectivity index (χ2n) is 6.94. The van der Waals surface area contributed by atoms with Crippen LogP contribution < -0.4 is 5.32 Å². The maximum atomic E-state index is 13.2. The second-order valence-corrected chi connectivity index (χ2v) is 8.04. The van der Waals surface area contributed by atoms with E-state index in [1.807, 2.05) is 0 Å². The first-order chi connectivity index (χ1) is 9.75. The molecule has 1 aromatic rings. The van der Waals surface area contributed by atoms with Crippen molar-refractivity contribution in [3.05, 3.63) is 10.0 Å². The van der Waals surface area contributed by atoms with E-state index in [1.165, 1.54) is 0 Å². The Kier molecular flexibility index (Phi) is 5.30. The predicted octanol–water partition coefficient (Wildman–Crippen LogP) is 4.15. The zero-order valence-electron chi connectivity index (χ0n) is 13.1. The van der Waals surface area contributed by atoms with Crippen molar-refractivity contribution < 1.29 is 8.78 Å². The van der Waals surface area contributed by atoms with Gasteiger partial charge >= 0.3 is 0 Å². The van der Waals surface area contributed by atoms with Gasteiger partial charge in [0.15, 0.2) is 0 Å². The Balaban J connectivity index is 1.77. The number of halogens is 2. The molecule has 0 radical (unpaired) electrons. The van der Waals surface area contributed by atoms with E-state index >= 15 is 0 Å². The molecule has 1 aliphatic carbocycles. The highest BCUT2D eigenvalue weighted by molar-refractivity contribution is 7.11. The maximum Gasteiger partial charge on any atom is 0.248 e. The van der Waals surface area contributed by atoms with Gasteiger partial charge in [0.1, 0.15) is 10.0 Å². The van der Waals surface area contributed by atoms with Gasteiger partial charge in [-0.3, -0.25) is 0 Å². The number of hydrogen-bond acceptors (Lipinski definition) is 4. The molecular formula is C15H25F2N3S. The molecular weight excluding hydrogens is 292 g/mol. The number of aromatic nitrogens is 2. The van der Waals surface area contributed by atoms with Gasteiger partial charge in [0, 0.05) is 30.7 Å². The molecule has 0 amide bonds. The standard InChI is InChI=1S/C15H25F2N3S/c1-14(2,3)18-10-4-5-12-19-20-13(21-12)11-6-8-15(16,17)9-7-11/h11,18H,4-10H2,1-3H3. The Morgan fingerprint density at radius 3 is 2.52 bits per heavy atom. The summed E-state index contributed by atoms with van der Waals surface area (Å²) in [6.45, 7) is 7.40. The molecule has 3 nitrogen and oxygen atoms in total. The summed E-state index contributed by atoms with van der Waals surface area (Å²) in [4.78, 5) is 0. The number of aryl methyl sites for hydroxylation is 1. The minimum absolute atomic E-state index is 0.0118. The molecule has 1 N–H and O–H groups in total. The Labute approximate surface area is 129 Å². The molecule has 1 saturated carbocycles. The smallest absolute Gasteiger partial charge is 0.248 e. The molecule has 0 aromatic carbocycles. The van der Waals surface area contributed by atoms with E-state index in [9.17, 15) is 8.78 Å². The molecule has 2 rings (SSSR count). The third-order valence-corrected chi connectivity index (χ3v) is 4.92. The molecule has 1 heterocycles. The Bertz CT molecular complexity index is 444. The molecule has 120 valence electrons. The number of rotatable bonds is 5. The van der Waals surface area contributed by atoms with Crippen LogP contribution in [0.2, 0.25) is 0 Å². The van der Waals surface area contributed by atoms with Crippen LogP contribution in [-0.4, -0.2) is 28.2 Å². The van der Waals surface area contributed by atoms with E-state index in [4.69, 9.17) is 0 Å². The molecule has 0 bridgehead atoms. The zero-order chi connectivity index (χ0) is 15.5. The minimum atomic E-state index is -2.47. The first kappa shape index (κ1) is 16.7. The fraction of sp³-hybridized carbons (Fsp3) is 0.867. The van der Waals surface area contributed by atoms with E-state index in [1.54, 1.807) is 11.3 Å². The third kappa shape index (κ3) is 5.58. The van der Waals surface area contributed by atoms with Crippen molar-refractivity contribution >= 4 is 11.3 Å². The maximum absolute atomic E-state index is 13.2. The van der Waals surface area contributed by atoms with Crippen LogP contribution in [-0.2, 0) is 6.42 Å². The number of alkyl halides is 2. The van der Waals surface area contributed by atoms with E-state index in [0.29, 0.717) is 12.8 Å². The number of nitrogens with one attached hydrogen (secondary N) is 1. The van der Waals surface area contributed by atoms with E-state index in [2.05, 4.69) is 36.3 Å². The van der Waals surface area contributed by atoms with Crippen LogP contribution in [0.25, 0.3) is 0 Å². The Morgan fingerprint density at radius 1 is 1.24 bits per heavy atom. The lowest BCUT2D eigenvalue weighted by molar-refractivity contribution is -0.0382. The van der Waals surface area contributed by atoms with Crippen LogP contribution in [0.3, 0.4) is 0 Å². The van der Waals surface area contributed by atoms with Crippen molar-refractivity contribution in [1.29, 1.82) is 0 Å². The first-order valence-electron chi connectivity index (χ1n) is 7.70. The average Bonchev–Trinajstić information content (AvgIpc) is 2.82. The Hall–Kier alpha value is -0.620. The van der Waals surface area contributed by atoms with Crippen LogP contribution in [0, 0.1) is 0 Å². The quantitative estimate of drug-likeness (QED) is 0.829.